The molecule has 0 fully saturated rings. The number of pyridine rings is 1. The van der Waals surface area contributed by atoms with Crippen molar-refractivity contribution in [2.75, 3.05) is 12.4 Å². The Morgan fingerprint density at radius 3 is 2.62 bits per heavy atom. The van der Waals surface area contributed by atoms with Crippen molar-refractivity contribution in [1.29, 1.82) is 0 Å². The van der Waals surface area contributed by atoms with Gasteiger partial charge in [0.25, 0.3) is 5.91 Å². The van der Waals surface area contributed by atoms with Gasteiger partial charge in [-0.2, -0.15) is 0 Å². The van der Waals surface area contributed by atoms with Gasteiger partial charge in [-0.1, -0.05) is 18.2 Å². The number of esters is 1. The molecular formula is C25H23N3O4. The van der Waals surface area contributed by atoms with Crippen LogP contribution in [-0.2, 0) is 11.3 Å². The molecule has 0 atom stereocenters. The van der Waals surface area contributed by atoms with Gasteiger partial charge >= 0.3 is 5.97 Å². The Labute approximate surface area is 185 Å². The molecule has 0 radical (unpaired) electrons. The second-order valence-electron chi connectivity index (χ2n) is 7.45. The van der Waals surface area contributed by atoms with Gasteiger partial charge in [-0.3, -0.25) is 4.79 Å². The van der Waals surface area contributed by atoms with Crippen LogP contribution >= 0.6 is 0 Å². The highest BCUT2D eigenvalue weighted by Crippen LogP contribution is 2.21. The fourth-order valence-corrected chi connectivity index (χ4v) is 3.35. The third-order valence-electron chi connectivity index (χ3n) is 5.12. The second-order valence-corrected chi connectivity index (χ2v) is 7.45. The molecule has 0 saturated carbocycles. The number of aromatic nitrogens is 2. The van der Waals surface area contributed by atoms with Crippen molar-refractivity contribution in [3.05, 3.63) is 94.9 Å². The summed E-state index contributed by atoms with van der Waals surface area (Å²) < 4.78 is 12.6. The van der Waals surface area contributed by atoms with Crippen LogP contribution < -0.4 is 10.1 Å². The number of ether oxygens (including phenoxy) is 2. The van der Waals surface area contributed by atoms with Crippen molar-refractivity contribution in [2.45, 2.75) is 20.5 Å². The molecule has 0 spiro atoms. The monoisotopic (exact) mass is 429 g/mol. The van der Waals surface area contributed by atoms with Gasteiger partial charge in [0.2, 0.25) is 0 Å². The fourth-order valence-electron chi connectivity index (χ4n) is 3.35. The van der Waals surface area contributed by atoms with Crippen LogP contribution in [0.15, 0.2) is 67.0 Å². The van der Waals surface area contributed by atoms with Crippen LogP contribution in [0.3, 0.4) is 0 Å². The van der Waals surface area contributed by atoms with Crippen molar-refractivity contribution in [2.24, 2.45) is 0 Å². The van der Waals surface area contributed by atoms with Gasteiger partial charge in [-0.15, -0.1) is 0 Å². The smallest absolute Gasteiger partial charge is 0.337 e. The number of methoxy groups -OCH3 is 1. The number of benzene rings is 2. The molecule has 0 unspecified atom stereocenters. The molecule has 0 aliphatic heterocycles. The molecule has 1 amide bonds. The number of rotatable bonds is 6. The van der Waals surface area contributed by atoms with Gasteiger partial charge in [0, 0.05) is 23.6 Å². The minimum absolute atomic E-state index is 0.284. The molecule has 0 saturated heterocycles. The zero-order valence-electron chi connectivity index (χ0n) is 18.1. The highest BCUT2D eigenvalue weighted by molar-refractivity contribution is 6.05. The Morgan fingerprint density at radius 2 is 1.84 bits per heavy atom. The van der Waals surface area contributed by atoms with Gasteiger partial charge in [-0.05, 0) is 61.4 Å². The SMILES string of the molecule is COC(=O)c1ccc(C)c(NC(=O)c2cccc(OCc3cn4cccc(C)c4n3)c2)c1. The largest absolute Gasteiger partial charge is 0.487 e. The van der Waals surface area contributed by atoms with E-state index in [0.29, 0.717) is 22.6 Å². The molecule has 0 aliphatic carbocycles. The van der Waals surface area contributed by atoms with Gasteiger partial charge in [0.1, 0.15) is 18.0 Å². The highest BCUT2D eigenvalue weighted by atomic mass is 16.5. The van der Waals surface area contributed by atoms with E-state index in [1.165, 1.54) is 7.11 Å². The summed E-state index contributed by atoms with van der Waals surface area (Å²) >= 11 is 0. The maximum atomic E-state index is 12.8. The minimum Gasteiger partial charge on any atom is -0.487 e. The molecular weight excluding hydrogens is 406 g/mol. The standard InChI is InChI=1S/C25H23N3O4/c1-16-9-10-19(25(30)31-3)13-22(16)27-24(29)18-7-4-8-21(12-18)32-15-20-14-28-11-5-6-17(2)23(28)26-20/h4-14H,15H2,1-3H3,(H,27,29). The number of hydrogen-bond donors (Lipinski definition) is 1. The van der Waals surface area contributed by atoms with Crippen molar-refractivity contribution >= 4 is 23.2 Å². The van der Waals surface area contributed by atoms with Crippen LogP contribution in [0.1, 0.15) is 37.5 Å². The lowest BCUT2D eigenvalue weighted by atomic mass is 10.1. The number of carbonyl (C=O) groups is 2. The summed E-state index contributed by atoms with van der Waals surface area (Å²) in [6.07, 6.45) is 3.87. The lowest BCUT2D eigenvalue weighted by Crippen LogP contribution is -2.14. The number of anilines is 1. The molecule has 7 nitrogen and oxygen atoms in total. The first-order valence-corrected chi connectivity index (χ1v) is 10.1. The van der Waals surface area contributed by atoms with E-state index in [4.69, 9.17) is 9.47 Å². The summed E-state index contributed by atoms with van der Waals surface area (Å²) in [7, 11) is 1.32. The fraction of sp³-hybridized carbons (Fsp3) is 0.160. The Kier molecular flexibility index (Phi) is 5.89. The topological polar surface area (TPSA) is 81.9 Å². The molecule has 2 aromatic heterocycles. The highest BCUT2D eigenvalue weighted by Gasteiger charge is 2.13. The van der Waals surface area contributed by atoms with Crippen molar-refractivity contribution < 1.29 is 19.1 Å². The number of imidazole rings is 1. The first-order chi connectivity index (χ1) is 15.4. The van der Waals surface area contributed by atoms with Crippen LogP contribution in [-0.4, -0.2) is 28.4 Å². The molecule has 1 N–H and O–H groups in total. The Balaban J connectivity index is 1.47. The summed E-state index contributed by atoms with van der Waals surface area (Å²) in [4.78, 5) is 29.2. The molecule has 162 valence electrons. The number of fused-ring (bicyclic) bond motifs is 1. The molecule has 0 aliphatic rings. The van der Waals surface area contributed by atoms with Crippen LogP contribution in [0, 0.1) is 13.8 Å². The van der Waals surface area contributed by atoms with Gasteiger partial charge in [0.15, 0.2) is 0 Å². The average Bonchev–Trinajstić information content (AvgIpc) is 3.23. The summed E-state index contributed by atoms with van der Waals surface area (Å²) in [6.45, 7) is 4.15. The molecule has 32 heavy (non-hydrogen) atoms. The van der Waals surface area contributed by atoms with Gasteiger partial charge in [0.05, 0.1) is 18.4 Å². The second kappa shape index (κ2) is 8.93. The molecule has 7 heteroatoms. The summed E-state index contributed by atoms with van der Waals surface area (Å²) in [5.41, 5.74) is 4.96. The minimum atomic E-state index is -0.460. The van der Waals surface area contributed by atoms with E-state index in [-0.39, 0.29) is 12.5 Å². The van der Waals surface area contributed by atoms with Crippen molar-refractivity contribution in [3.8, 4) is 5.75 Å². The van der Waals surface area contributed by atoms with E-state index >= 15 is 0 Å². The lowest BCUT2D eigenvalue weighted by molar-refractivity contribution is 0.0600. The third-order valence-corrected chi connectivity index (χ3v) is 5.12. The summed E-state index contributed by atoms with van der Waals surface area (Å²) in [6, 6.07) is 15.9. The van der Waals surface area contributed by atoms with Crippen LogP contribution in [0.25, 0.3) is 5.65 Å². The van der Waals surface area contributed by atoms with Gasteiger partial charge in [-0.25, -0.2) is 9.78 Å². The number of amides is 1. The third kappa shape index (κ3) is 4.46. The predicted octanol–water partition coefficient (Wildman–Crippen LogP) is 4.57. The van der Waals surface area contributed by atoms with E-state index in [1.807, 2.05) is 42.8 Å². The maximum Gasteiger partial charge on any atom is 0.337 e. The average molecular weight is 429 g/mol. The molecule has 4 aromatic rings. The van der Waals surface area contributed by atoms with E-state index in [2.05, 4.69) is 10.3 Å². The first kappa shape index (κ1) is 21.1. The van der Waals surface area contributed by atoms with Gasteiger partial charge < -0.3 is 19.2 Å². The zero-order valence-corrected chi connectivity index (χ0v) is 18.1. The van der Waals surface area contributed by atoms with E-state index in [9.17, 15) is 9.59 Å². The molecule has 2 heterocycles. The Bertz CT molecular complexity index is 1310. The summed E-state index contributed by atoms with van der Waals surface area (Å²) in [5.74, 6) is -0.201. The first-order valence-electron chi connectivity index (χ1n) is 10.1. The number of nitrogens with one attached hydrogen (secondary N) is 1. The number of hydrogen-bond acceptors (Lipinski definition) is 5. The van der Waals surface area contributed by atoms with Crippen molar-refractivity contribution in [1.82, 2.24) is 9.38 Å². The number of nitrogens with zero attached hydrogens (tertiary/aromatic N) is 2. The zero-order chi connectivity index (χ0) is 22.7. The normalized spacial score (nSPS) is 10.7. The molecule has 2 aromatic carbocycles. The van der Waals surface area contributed by atoms with E-state index < -0.39 is 5.97 Å². The maximum absolute atomic E-state index is 12.8. The van der Waals surface area contributed by atoms with Crippen molar-refractivity contribution in [3.63, 3.8) is 0 Å². The lowest BCUT2D eigenvalue weighted by Gasteiger charge is -2.11. The molecule has 0 bridgehead atoms. The quantitative estimate of drug-likeness (QED) is 0.454. The number of aryl methyl sites for hydroxylation is 2. The van der Waals surface area contributed by atoms with E-state index in [0.717, 1.165) is 22.5 Å². The predicted molar refractivity (Wildman–Crippen MR) is 121 cm³/mol. The van der Waals surface area contributed by atoms with Crippen LogP contribution in [0.5, 0.6) is 5.75 Å². The number of carbonyl (C=O) groups excluding carboxylic acids is 2. The van der Waals surface area contributed by atoms with Crippen LogP contribution in [0.4, 0.5) is 5.69 Å². The summed E-state index contributed by atoms with van der Waals surface area (Å²) in [5, 5.41) is 2.85. The molecule has 4 rings (SSSR count). The van der Waals surface area contributed by atoms with E-state index in [1.54, 1.807) is 42.5 Å². The Hall–Kier alpha value is -4.13. The van der Waals surface area contributed by atoms with Crippen LogP contribution in [0.2, 0.25) is 0 Å². The Morgan fingerprint density at radius 1 is 1.00 bits per heavy atom.